The molecule has 0 saturated heterocycles. The number of carbonyl (C=O) groups excluding carboxylic acids is 2. The summed E-state index contributed by atoms with van der Waals surface area (Å²) in [5, 5.41) is 24.3. The average molecular weight is 477 g/mol. The van der Waals surface area contributed by atoms with E-state index in [-0.39, 0.29) is 12.1 Å². The van der Waals surface area contributed by atoms with Crippen LogP contribution in [0.25, 0.3) is 0 Å². The number of amides is 2. The number of aryl methyl sites for hydroxylation is 1. The van der Waals surface area contributed by atoms with E-state index in [0.29, 0.717) is 12.8 Å². The zero-order valence-corrected chi connectivity index (χ0v) is 19.3. The fraction of sp³-hybridized carbons (Fsp3) is 0.400. The lowest BCUT2D eigenvalue weighted by atomic mass is 9.76. The standard InChI is InChI=1S/C20H28BN5O6S/c1-26(2)33(31,32)14-17(24-19(27)16-13-22-11-12-23-16)20(28)25-18(21(29)30)10-6-9-15-7-4-3-5-8-15/h3-5,7-8,11-13,17-18,29-30H,6,9-10,14H2,1-2H3,(H,24,27)(H,25,28)/t17-,18+/m1/s1. The van der Waals surface area contributed by atoms with Gasteiger partial charge in [-0.1, -0.05) is 30.3 Å². The minimum atomic E-state index is -3.88. The fourth-order valence-electron chi connectivity index (χ4n) is 2.94. The molecule has 11 nitrogen and oxygen atoms in total. The number of aromatic nitrogens is 2. The van der Waals surface area contributed by atoms with E-state index in [1.807, 2.05) is 30.3 Å². The number of benzene rings is 1. The van der Waals surface area contributed by atoms with Gasteiger partial charge in [0.05, 0.1) is 17.9 Å². The molecule has 0 aliphatic heterocycles. The lowest BCUT2D eigenvalue weighted by molar-refractivity contribution is -0.123. The van der Waals surface area contributed by atoms with Crippen molar-refractivity contribution in [2.75, 3.05) is 19.8 Å². The zero-order chi connectivity index (χ0) is 24.4. The van der Waals surface area contributed by atoms with Crippen molar-refractivity contribution in [3.05, 3.63) is 60.2 Å². The van der Waals surface area contributed by atoms with Gasteiger partial charge in [-0.05, 0) is 24.8 Å². The molecule has 2 atom stereocenters. The lowest BCUT2D eigenvalue weighted by Gasteiger charge is -2.24. The van der Waals surface area contributed by atoms with Crippen LogP contribution >= 0.6 is 0 Å². The number of sulfonamides is 1. The predicted octanol–water partition coefficient (Wildman–Crippen LogP) is -1.01. The number of rotatable bonds is 12. The SMILES string of the molecule is CN(C)S(=O)(=O)C[C@@H](NC(=O)c1cnccn1)C(=O)N[C@@H](CCCc1ccccc1)B(O)O. The third kappa shape index (κ3) is 8.53. The summed E-state index contributed by atoms with van der Waals surface area (Å²) in [7, 11) is -3.14. The summed E-state index contributed by atoms with van der Waals surface area (Å²) in [6, 6.07) is 8.06. The summed E-state index contributed by atoms with van der Waals surface area (Å²) < 4.78 is 25.7. The molecule has 0 bridgehead atoms. The van der Waals surface area contributed by atoms with Crippen molar-refractivity contribution in [1.82, 2.24) is 24.9 Å². The molecule has 2 amide bonds. The molecule has 0 unspecified atom stereocenters. The van der Waals surface area contributed by atoms with Gasteiger partial charge in [0, 0.05) is 26.5 Å². The number of carbonyl (C=O) groups is 2. The van der Waals surface area contributed by atoms with Gasteiger partial charge in [0.15, 0.2) is 0 Å². The summed E-state index contributed by atoms with van der Waals surface area (Å²) >= 11 is 0. The Morgan fingerprint density at radius 1 is 1.12 bits per heavy atom. The number of nitrogens with one attached hydrogen (secondary N) is 2. The molecular formula is C20H28BN5O6S. The van der Waals surface area contributed by atoms with Crippen molar-refractivity contribution >= 4 is 29.0 Å². The minimum absolute atomic E-state index is 0.0980. The molecule has 0 spiro atoms. The summed E-state index contributed by atoms with van der Waals surface area (Å²) in [5.74, 6) is -3.44. The van der Waals surface area contributed by atoms with E-state index in [9.17, 15) is 28.1 Å². The van der Waals surface area contributed by atoms with Crippen LogP contribution in [0.5, 0.6) is 0 Å². The Kier molecular flexibility index (Phi) is 9.91. The first-order valence-corrected chi connectivity index (χ1v) is 11.9. The first kappa shape index (κ1) is 26.4. The van der Waals surface area contributed by atoms with Gasteiger partial charge >= 0.3 is 7.12 Å². The van der Waals surface area contributed by atoms with Crippen molar-refractivity contribution in [2.24, 2.45) is 0 Å². The topological polar surface area (TPSA) is 162 Å². The minimum Gasteiger partial charge on any atom is -0.426 e. The van der Waals surface area contributed by atoms with Crippen LogP contribution < -0.4 is 10.6 Å². The predicted molar refractivity (Wildman–Crippen MR) is 122 cm³/mol. The third-order valence-electron chi connectivity index (χ3n) is 4.86. The molecule has 0 saturated carbocycles. The molecule has 0 fully saturated rings. The first-order valence-electron chi connectivity index (χ1n) is 10.3. The second kappa shape index (κ2) is 12.4. The molecule has 2 rings (SSSR count). The van der Waals surface area contributed by atoms with Crippen LogP contribution in [0.3, 0.4) is 0 Å². The van der Waals surface area contributed by atoms with Gasteiger partial charge in [-0.25, -0.2) is 17.7 Å². The molecule has 0 aliphatic rings. The second-order valence-corrected chi connectivity index (χ2v) is 9.81. The van der Waals surface area contributed by atoms with Gasteiger partial charge in [0.2, 0.25) is 15.9 Å². The van der Waals surface area contributed by atoms with Crippen LogP contribution in [-0.2, 0) is 21.2 Å². The molecule has 1 aromatic carbocycles. The van der Waals surface area contributed by atoms with Crippen LogP contribution in [0.15, 0.2) is 48.9 Å². The zero-order valence-electron chi connectivity index (χ0n) is 18.5. The Balaban J connectivity index is 2.10. The van der Waals surface area contributed by atoms with E-state index in [0.717, 1.165) is 9.87 Å². The van der Waals surface area contributed by atoms with E-state index in [1.54, 1.807) is 0 Å². The molecule has 13 heteroatoms. The van der Waals surface area contributed by atoms with Crippen LogP contribution in [-0.4, -0.2) is 83.5 Å². The molecule has 0 aliphatic carbocycles. The van der Waals surface area contributed by atoms with Gasteiger partial charge in [0.25, 0.3) is 5.91 Å². The summed E-state index contributed by atoms with van der Waals surface area (Å²) in [6.45, 7) is 0. The first-order chi connectivity index (χ1) is 15.6. The Labute approximate surface area is 193 Å². The monoisotopic (exact) mass is 477 g/mol. The number of hydrogen-bond acceptors (Lipinski definition) is 8. The maximum absolute atomic E-state index is 12.9. The number of hydrogen-bond donors (Lipinski definition) is 4. The highest BCUT2D eigenvalue weighted by atomic mass is 32.2. The molecule has 1 heterocycles. The van der Waals surface area contributed by atoms with Gasteiger partial charge in [-0.15, -0.1) is 0 Å². The molecule has 178 valence electrons. The van der Waals surface area contributed by atoms with Crippen molar-refractivity contribution in [1.29, 1.82) is 0 Å². The van der Waals surface area contributed by atoms with E-state index >= 15 is 0 Å². The van der Waals surface area contributed by atoms with E-state index < -0.39 is 46.7 Å². The second-order valence-electron chi connectivity index (χ2n) is 7.58. The maximum atomic E-state index is 12.9. The van der Waals surface area contributed by atoms with Crippen LogP contribution in [0, 0.1) is 0 Å². The molecule has 2 aromatic rings. The molecule has 4 N–H and O–H groups in total. The van der Waals surface area contributed by atoms with E-state index in [4.69, 9.17) is 0 Å². The fourth-order valence-corrected chi connectivity index (χ4v) is 3.90. The quantitative estimate of drug-likeness (QED) is 0.283. The van der Waals surface area contributed by atoms with Crippen molar-refractivity contribution < 1.29 is 28.1 Å². The average Bonchev–Trinajstić information content (AvgIpc) is 2.78. The van der Waals surface area contributed by atoms with Crippen LogP contribution in [0.4, 0.5) is 0 Å². The smallest absolute Gasteiger partial charge is 0.426 e. The lowest BCUT2D eigenvalue weighted by Crippen LogP contribution is -2.56. The Morgan fingerprint density at radius 3 is 2.39 bits per heavy atom. The third-order valence-corrected chi connectivity index (χ3v) is 6.73. The highest BCUT2D eigenvalue weighted by molar-refractivity contribution is 7.89. The van der Waals surface area contributed by atoms with Gasteiger partial charge < -0.3 is 20.7 Å². The van der Waals surface area contributed by atoms with Crippen molar-refractivity contribution in [3.63, 3.8) is 0 Å². The molecule has 1 aromatic heterocycles. The van der Waals surface area contributed by atoms with Gasteiger partial charge in [-0.2, -0.15) is 0 Å². The summed E-state index contributed by atoms with van der Waals surface area (Å²) in [4.78, 5) is 33.0. The van der Waals surface area contributed by atoms with Crippen LogP contribution in [0.2, 0.25) is 0 Å². The van der Waals surface area contributed by atoms with Gasteiger partial charge in [0.1, 0.15) is 11.7 Å². The number of nitrogens with zero attached hydrogens (tertiary/aromatic N) is 3. The summed E-state index contributed by atoms with van der Waals surface area (Å²) in [6.07, 6.45) is 5.24. The van der Waals surface area contributed by atoms with Crippen molar-refractivity contribution in [3.8, 4) is 0 Å². The maximum Gasteiger partial charge on any atom is 0.475 e. The van der Waals surface area contributed by atoms with E-state index in [1.165, 1.54) is 32.7 Å². The van der Waals surface area contributed by atoms with Crippen LogP contribution in [0.1, 0.15) is 28.9 Å². The summed E-state index contributed by atoms with van der Waals surface area (Å²) in [5.41, 5.74) is 0.959. The van der Waals surface area contributed by atoms with Crippen molar-refractivity contribution in [2.45, 2.75) is 31.2 Å². The van der Waals surface area contributed by atoms with Gasteiger partial charge in [-0.3, -0.25) is 14.6 Å². The largest absolute Gasteiger partial charge is 0.475 e. The highest BCUT2D eigenvalue weighted by Crippen LogP contribution is 2.08. The molecule has 33 heavy (non-hydrogen) atoms. The Morgan fingerprint density at radius 2 is 1.82 bits per heavy atom. The Bertz CT molecular complexity index is 1010. The normalized spacial score (nSPS) is 13.2. The Hall–Kier alpha value is -2.87. The molecule has 0 radical (unpaired) electrons. The highest BCUT2D eigenvalue weighted by Gasteiger charge is 2.33. The molecular weight excluding hydrogens is 449 g/mol. The van der Waals surface area contributed by atoms with E-state index in [2.05, 4.69) is 20.6 Å².